The van der Waals surface area contributed by atoms with E-state index in [-0.39, 0.29) is 11.9 Å². The number of benzene rings is 1. The zero-order valence-corrected chi connectivity index (χ0v) is 17.0. The molecule has 2 unspecified atom stereocenters. The van der Waals surface area contributed by atoms with Crippen molar-refractivity contribution < 1.29 is 4.79 Å². The van der Waals surface area contributed by atoms with Crippen LogP contribution in [-0.2, 0) is 0 Å². The summed E-state index contributed by atoms with van der Waals surface area (Å²) in [6.45, 7) is 0. The van der Waals surface area contributed by atoms with Crippen LogP contribution in [0.3, 0.4) is 0 Å². The largest absolute Gasteiger partial charge is 0.349 e. The molecule has 4 heterocycles. The van der Waals surface area contributed by atoms with Gasteiger partial charge in [0.15, 0.2) is 0 Å². The van der Waals surface area contributed by atoms with Crippen LogP contribution in [0.2, 0.25) is 0 Å². The number of para-hydroxylation sites is 1. The number of rotatable bonds is 4. The maximum Gasteiger partial charge on any atom is 0.252 e. The van der Waals surface area contributed by atoms with Gasteiger partial charge in [-0.2, -0.15) is 0 Å². The third-order valence-corrected chi connectivity index (χ3v) is 7.01. The molecule has 1 aromatic carbocycles. The molecule has 1 saturated carbocycles. The third kappa shape index (κ3) is 3.18. The molecule has 5 nitrogen and oxygen atoms in total. The predicted octanol–water partition coefficient (Wildman–Crippen LogP) is 4.18. The zero-order valence-electron chi connectivity index (χ0n) is 17.0. The minimum absolute atomic E-state index is 0.0167. The molecule has 1 aliphatic carbocycles. The Bertz CT molecular complexity index is 1080. The van der Waals surface area contributed by atoms with Gasteiger partial charge < -0.3 is 5.32 Å². The van der Waals surface area contributed by atoms with Gasteiger partial charge in [0.25, 0.3) is 5.91 Å². The molecule has 2 bridgehead atoms. The van der Waals surface area contributed by atoms with E-state index in [0.717, 1.165) is 41.0 Å². The Labute approximate surface area is 176 Å². The number of carbonyl (C=O) groups excluding carboxylic acids is 1. The summed E-state index contributed by atoms with van der Waals surface area (Å²) in [6, 6.07) is 16.1. The van der Waals surface area contributed by atoms with Crippen molar-refractivity contribution in [3.63, 3.8) is 0 Å². The van der Waals surface area contributed by atoms with Crippen LogP contribution >= 0.6 is 0 Å². The summed E-state index contributed by atoms with van der Waals surface area (Å²) in [4.78, 5) is 25.2. The van der Waals surface area contributed by atoms with Crippen molar-refractivity contribution in [3.05, 3.63) is 60.4 Å². The third-order valence-electron chi connectivity index (χ3n) is 7.01. The Balaban J connectivity index is 1.29. The molecule has 1 amide bonds. The molecule has 0 radical (unpaired) electrons. The first kappa shape index (κ1) is 18.0. The highest BCUT2D eigenvalue weighted by molar-refractivity contribution is 6.07. The highest BCUT2D eigenvalue weighted by Crippen LogP contribution is 2.43. The predicted molar refractivity (Wildman–Crippen MR) is 117 cm³/mol. The number of nitrogens with zero attached hydrogens (tertiary/aromatic N) is 3. The number of aromatic nitrogens is 2. The zero-order chi connectivity index (χ0) is 20.1. The molecule has 2 aliphatic heterocycles. The average Bonchev–Trinajstić information content (AvgIpc) is 3.59. The Kier molecular flexibility index (Phi) is 4.30. The molecule has 1 N–H and O–H groups in total. The summed E-state index contributed by atoms with van der Waals surface area (Å²) in [5, 5.41) is 4.28. The first-order valence-electron chi connectivity index (χ1n) is 11.1. The average molecular weight is 399 g/mol. The highest BCUT2D eigenvalue weighted by atomic mass is 16.1. The number of pyridine rings is 2. The number of hydrogen-bond donors (Lipinski definition) is 1. The first-order valence-corrected chi connectivity index (χ1v) is 11.1. The molecule has 152 valence electrons. The SMILES string of the molecule is O=C(NC1CC2CCC(C1)N2C1CC1)c1cc(-c2cccnc2)nc2ccccc12. The molecule has 2 aromatic heterocycles. The van der Waals surface area contributed by atoms with E-state index in [2.05, 4.69) is 15.2 Å². The molecule has 0 spiro atoms. The first-order chi connectivity index (χ1) is 14.8. The van der Waals surface area contributed by atoms with Gasteiger partial charge >= 0.3 is 0 Å². The van der Waals surface area contributed by atoms with Crippen LogP contribution in [0, 0.1) is 0 Å². The minimum atomic E-state index is 0.0167. The number of nitrogens with one attached hydrogen (secondary N) is 1. The van der Waals surface area contributed by atoms with Gasteiger partial charge in [-0.3, -0.25) is 14.7 Å². The smallest absolute Gasteiger partial charge is 0.252 e. The van der Waals surface area contributed by atoms with E-state index in [1.165, 1.54) is 25.7 Å². The summed E-state index contributed by atoms with van der Waals surface area (Å²) < 4.78 is 0. The van der Waals surface area contributed by atoms with Gasteiger partial charge in [0.2, 0.25) is 0 Å². The lowest BCUT2D eigenvalue weighted by Crippen LogP contribution is -2.51. The number of hydrogen-bond acceptors (Lipinski definition) is 4. The second-order valence-corrected chi connectivity index (χ2v) is 9.02. The summed E-state index contributed by atoms with van der Waals surface area (Å²) in [7, 11) is 0. The Morgan fingerprint density at radius 1 is 0.967 bits per heavy atom. The van der Waals surface area contributed by atoms with Crippen LogP contribution in [-0.4, -0.2) is 44.9 Å². The van der Waals surface area contributed by atoms with Gasteiger partial charge in [-0.05, 0) is 62.8 Å². The van der Waals surface area contributed by atoms with Crippen LogP contribution in [0.1, 0.15) is 48.9 Å². The summed E-state index contributed by atoms with van der Waals surface area (Å²) in [5.41, 5.74) is 3.26. The van der Waals surface area contributed by atoms with E-state index in [1.54, 1.807) is 12.4 Å². The summed E-state index contributed by atoms with van der Waals surface area (Å²) >= 11 is 0. The van der Waals surface area contributed by atoms with E-state index in [0.29, 0.717) is 17.6 Å². The van der Waals surface area contributed by atoms with Crippen LogP contribution in [0.5, 0.6) is 0 Å². The molecular formula is C25H26N4O. The second kappa shape index (κ2) is 7.17. The summed E-state index contributed by atoms with van der Waals surface area (Å²) in [6.07, 6.45) is 11.0. The fraction of sp³-hybridized carbons (Fsp3) is 0.400. The lowest BCUT2D eigenvalue weighted by Gasteiger charge is -2.39. The van der Waals surface area contributed by atoms with Gasteiger partial charge in [-0.15, -0.1) is 0 Å². The van der Waals surface area contributed by atoms with Crippen molar-refractivity contribution in [2.45, 2.75) is 62.7 Å². The topological polar surface area (TPSA) is 58.1 Å². The quantitative estimate of drug-likeness (QED) is 0.716. The van der Waals surface area contributed by atoms with Gasteiger partial charge in [-0.25, -0.2) is 4.98 Å². The number of piperidine rings is 1. The maximum atomic E-state index is 13.4. The highest BCUT2D eigenvalue weighted by Gasteiger charge is 2.47. The molecule has 30 heavy (non-hydrogen) atoms. The minimum Gasteiger partial charge on any atom is -0.349 e. The molecule has 2 saturated heterocycles. The van der Waals surface area contributed by atoms with Crippen molar-refractivity contribution >= 4 is 16.8 Å². The van der Waals surface area contributed by atoms with Gasteiger partial charge in [0.05, 0.1) is 16.8 Å². The van der Waals surface area contributed by atoms with Gasteiger partial charge in [-0.1, -0.05) is 18.2 Å². The Morgan fingerprint density at radius 2 is 1.73 bits per heavy atom. The van der Waals surface area contributed by atoms with Crippen molar-refractivity contribution in [1.29, 1.82) is 0 Å². The van der Waals surface area contributed by atoms with Crippen LogP contribution in [0.15, 0.2) is 54.9 Å². The fourth-order valence-corrected chi connectivity index (χ4v) is 5.59. The number of amides is 1. The maximum absolute atomic E-state index is 13.4. The van der Waals surface area contributed by atoms with Crippen LogP contribution < -0.4 is 5.32 Å². The number of fused-ring (bicyclic) bond motifs is 3. The second-order valence-electron chi connectivity index (χ2n) is 9.02. The van der Waals surface area contributed by atoms with E-state index in [4.69, 9.17) is 4.98 Å². The van der Waals surface area contributed by atoms with Gasteiger partial charge in [0, 0.05) is 47.5 Å². The van der Waals surface area contributed by atoms with Crippen molar-refractivity contribution in [2.24, 2.45) is 0 Å². The molecule has 2 atom stereocenters. The molecule has 5 heteroatoms. The normalized spacial score (nSPS) is 26.1. The van der Waals surface area contributed by atoms with Crippen LogP contribution in [0.25, 0.3) is 22.2 Å². The molecule has 6 rings (SSSR count). The lowest BCUT2D eigenvalue weighted by molar-refractivity contribution is 0.0829. The van der Waals surface area contributed by atoms with E-state index < -0.39 is 0 Å². The molecule has 3 fully saturated rings. The van der Waals surface area contributed by atoms with Crippen molar-refractivity contribution in [1.82, 2.24) is 20.2 Å². The van der Waals surface area contributed by atoms with Crippen molar-refractivity contribution in [2.75, 3.05) is 0 Å². The molecule has 3 aliphatic rings. The molecule has 3 aromatic rings. The van der Waals surface area contributed by atoms with E-state index >= 15 is 0 Å². The Morgan fingerprint density at radius 3 is 2.47 bits per heavy atom. The monoisotopic (exact) mass is 398 g/mol. The Hall–Kier alpha value is -2.79. The van der Waals surface area contributed by atoms with E-state index in [9.17, 15) is 4.79 Å². The van der Waals surface area contributed by atoms with E-state index in [1.807, 2.05) is 42.5 Å². The van der Waals surface area contributed by atoms with Crippen molar-refractivity contribution in [3.8, 4) is 11.3 Å². The van der Waals surface area contributed by atoms with Gasteiger partial charge in [0.1, 0.15) is 0 Å². The summed E-state index contributed by atoms with van der Waals surface area (Å²) in [5.74, 6) is 0.0167. The van der Waals surface area contributed by atoms with Crippen LogP contribution in [0.4, 0.5) is 0 Å². The lowest BCUT2D eigenvalue weighted by atomic mass is 9.96. The molecular weight excluding hydrogens is 372 g/mol. The standard InChI is InChI=1S/C25H26N4O/c30-25(27-17-12-19-9-10-20(13-17)29(19)18-7-8-18)22-14-24(16-4-3-11-26-15-16)28-23-6-2-1-5-21(22)23/h1-6,11,14-15,17-20H,7-10,12-13H2,(H,27,30). The number of carbonyl (C=O) groups is 1. The fourth-order valence-electron chi connectivity index (χ4n) is 5.59.